The van der Waals surface area contributed by atoms with Gasteiger partial charge in [-0.15, -0.1) is 10.2 Å². The van der Waals surface area contributed by atoms with E-state index in [0.717, 1.165) is 5.56 Å². The zero-order valence-electron chi connectivity index (χ0n) is 14.6. The second kappa shape index (κ2) is 7.60. The highest BCUT2D eigenvalue weighted by Gasteiger charge is 2.14. The normalized spacial score (nSPS) is 10.4. The van der Waals surface area contributed by atoms with Gasteiger partial charge in [-0.3, -0.25) is 4.79 Å². The highest BCUT2D eigenvalue weighted by molar-refractivity contribution is 6.04. The minimum Gasteiger partial charge on any atom is -0.459 e. The molecule has 0 saturated heterocycles. The molecule has 0 bridgehead atoms. The van der Waals surface area contributed by atoms with Gasteiger partial charge >= 0.3 is 0 Å². The predicted molar refractivity (Wildman–Crippen MR) is 102 cm³/mol. The van der Waals surface area contributed by atoms with Crippen molar-refractivity contribution in [3.63, 3.8) is 0 Å². The van der Waals surface area contributed by atoms with E-state index in [4.69, 9.17) is 15.4 Å². The number of benzene rings is 2. The summed E-state index contributed by atoms with van der Waals surface area (Å²) in [5, 5.41) is 10.9. The van der Waals surface area contributed by atoms with Gasteiger partial charge in [0.05, 0.1) is 6.26 Å². The third-order valence-corrected chi connectivity index (χ3v) is 3.98. The van der Waals surface area contributed by atoms with Crippen molar-refractivity contribution in [1.82, 2.24) is 10.2 Å². The molecular weight excluding hydrogens is 356 g/mol. The van der Waals surface area contributed by atoms with E-state index in [1.807, 2.05) is 12.1 Å². The van der Waals surface area contributed by atoms with Crippen LogP contribution in [0.15, 0.2) is 75.8 Å². The van der Waals surface area contributed by atoms with Crippen molar-refractivity contribution in [2.45, 2.75) is 6.54 Å². The molecule has 0 aliphatic carbocycles. The SMILES string of the molecule is [C-]#[N+]Cc1cccc(C(=O)Nc2cccc(-c3nnc(-c4ccco4)o3)c2)c1. The summed E-state index contributed by atoms with van der Waals surface area (Å²) in [7, 11) is 0. The zero-order valence-corrected chi connectivity index (χ0v) is 14.6. The molecule has 4 rings (SSSR count). The van der Waals surface area contributed by atoms with Crippen LogP contribution in [0.4, 0.5) is 5.69 Å². The molecule has 7 heteroatoms. The number of carbonyl (C=O) groups is 1. The lowest BCUT2D eigenvalue weighted by Crippen LogP contribution is -2.12. The number of amides is 1. The maximum Gasteiger partial charge on any atom is 0.283 e. The largest absolute Gasteiger partial charge is 0.459 e. The summed E-state index contributed by atoms with van der Waals surface area (Å²) < 4.78 is 10.9. The topological polar surface area (TPSA) is 85.5 Å². The van der Waals surface area contributed by atoms with Crippen LogP contribution in [0.2, 0.25) is 0 Å². The second-order valence-corrected chi connectivity index (χ2v) is 5.94. The Balaban J connectivity index is 1.54. The molecule has 7 nitrogen and oxygen atoms in total. The van der Waals surface area contributed by atoms with Crippen molar-refractivity contribution >= 4 is 11.6 Å². The number of carbonyl (C=O) groups excluding carboxylic acids is 1. The number of anilines is 1. The number of nitrogens with zero attached hydrogens (tertiary/aromatic N) is 3. The fraction of sp³-hybridized carbons (Fsp3) is 0.0476. The van der Waals surface area contributed by atoms with E-state index in [2.05, 4.69) is 20.4 Å². The molecule has 2 heterocycles. The molecule has 0 aliphatic rings. The van der Waals surface area contributed by atoms with Crippen LogP contribution in [0, 0.1) is 6.57 Å². The smallest absolute Gasteiger partial charge is 0.283 e. The minimum absolute atomic E-state index is 0.242. The predicted octanol–water partition coefficient (Wildman–Crippen LogP) is 4.67. The van der Waals surface area contributed by atoms with E-state index in [9.17, 15) is 4.79 Å². The molecule has 2 aromatic heterocycles. The van der Waals surface area contributed by atoms with Crippen LogP contribution in [0.25, 0.3) is 28.0 Å². The standard InChI is InChI=1S/C21H14N4O3/c1-22-13-14-5-2-6-15(11-14)19(26)23-17-8-3-7-16(12-17)20-24-25-21(28-20)18-9-4-10-27-18/h2-12H,13H2,(H,23,26). The summed E-state index contributed by atoms with van der Waals surface area (Å²) >= 11 is 0. The van der Waals surface area contributed by atoms with Gasteiger partial charge in [-0.1, -0.05) is 18.2 Å². The van der Waals surface area contributed by atoms with Gasteiger partial charge in [-0.05, 0) is 42.5 Å². The van der Waals surface area contributed by atoms with E-state index in [0.29, 0.717) is 28.5 Å². The van der Waals surface area contributed by atoms with Gasteiger partial charge in [0.15, 0.2) is 5.76 Å². The fourth-order valence-corrected chi connectivity index (χ4v) is 2.68. The number of aromatic nitrogens is 2. The number of nitrogens with one attached hydrogen (secondary N) is 1. The molecule has 1 N–H and O–H groups in total. The molecule has 136 valence electrons. The molecule has 28 heavy (non-hydrogen) atoms. The summed E-state index contributed by atoms with van der Waals surface area (Å²) in [6.07, 6.45) is 1.53. The number of furan rings is 1. The Bertz CT molecular complexity index is 1160. The highest BCUT2D eigenvalue weighted by atomic mass is 16.4. The summed E-state index contributed by atoms with van der Waals surface area (Å²) in [6.45, 7) is 7.19. The van der Waals surface area contributed by atoms with Crippen LogP contribution in [0.5, 0.6) is 0 Å². The van der Waals surface area contributed by atoms with Crippen molar-refractivity contribution < 1.29 is 13.6 Å². The summed E-state index contributed by atoms with van der Waals surface area (Å²) in [4.78, 5) is 15.9. The van der Waals surface area contributed by atoms with E-state index in [1.165, 1.54) is 6.26 Å². The van der Waals surface area contributed by atoms with Crippen molar-refractivity contribution in [1.29, 1.82) is 0 Å². The van der Waals surface area contributed by atoms with Crippen LogP contribution < -0.4 is 5.32 Å². The lowest BCUT2D eigenvalue weighted by atomic mass is 10.1. The first-order valence-electron chi connectivity index (χ1n) is 8.44. The van der Waals surface area contributed by atoms with Crippen molar-refractivity contribution in [2.24, 2.45) is 0 Å². The van der Waals surface area contributed by atoms with Gasteiger partial charge in [0, 0.05) is 22.4 Å². The summed E-state index contributed by atoms with van der Waals surface area (Å²) in [6, 6.07) is 17.6. The minimum atomic E-state index is -0.259. The monoisotopic (exact) mass is 370 g/mol. The van der Waals surface area contributed by atoms with Gasteiger partial charge in [-0.25, -0.2) is 6.57 Å². The van der Waals surface area contributed by atoms with Gasteiger partial charge in [0.1, 0.15) is 0 Å². The molecular formula is C21H14N4O3. The summed E-state index contributed by atoms with van der Waals surface area (Å²) in [5.74, 6) is 0.834. The van der Waals surface area contributed by atoms with E-state index < -0.39 is 0 Å². The number of hydrogen-bond donors (Lipinski definition) is 1. The maximum atomic E-state index is 12.5. The molecule has 0 atom stereocenters. The van der Waals surface area contributed by atoms with Crippen molar-refractivity contribution in [3.8, 4) is 23.1 Å². The molecule has 0 spiro atoms. The van der Waals surface area contributed by atoms with Gasteiger partial charge in [0.25, 0.3) is 11.8 Å². The molecule has 1 amide bonds. The molecule has 2 aromatic carbocycles. The Morgan fingerprint density at radius 2 is 1.89 bits per heavy atom. The van der Waals surface area contributed by atoms with E-state index in [1.54, 1.807) is 48.5 Å². The third-order valence-electron chi connectivity index (χ3n) is 3.98. The fourth-order valence-electron chi connectivity index (χ4n) is 2.68. The Morgan fingerprint density at radius 1 is 1.04 bits per heavy atom. The molecule has 0 unspecified atom stereocenters. The van der Waals surface area contributed by atoms with E-state index in [-0.39, 0.29) is 18.3 Å². The van der Waals surface area contributed by atoms with Crippen LogP contribution >= 0.6 is 0 Å². The van der Waals surface area contributed by atoms with Crippen molar-refractivity contribution in [3.05, 3.63) is 89.5 Å². The first-order chi connectivity index (χ1) is 13.7. The number of hydrogen-bond acceptors (Lipinski definition) is 5. The Hall–Kier alpha value is -4.18. The maximum absolute atomic E-state index is 12.5. The van der Waals surface area contributed by atoms with Crippen molar-refractivity contribution in [2.75, 3.05) is 5.32 Å². The lowest BCUT2D eigenvalue weighted by molar-refractivity contribution is 0.102. The van der Waals surface area contributed by atoms with Crippen LogP contribution in [0.1, 0.15) is 15.9 Å². The highest BCUT2D eigenvalue weighted by Crippen LogP contribution is 2.26. The second-order valence-electron chi connectivity index (χ2n) is 5.94. The Labute approximate surface area is 160 Å². The third kappa shape index (κ3) is 3.66. The average Bonchev–Trinajstić information content (AvgIpc) is 3.40. The molecule has 4 aromatic rings. The first-order valence-corrected chi connectivity index (χ1v) is 8.44. The zero-order chi connectivity index (χ0) is 19.3. The lowest BCUT2D eigenvalue weighted by Gasteiger charge is -2.06. The number of rotatable bonds is 5. The quantitative estimate of drug-likeness (QED) is 0.516. The Kier molecular flexibility index (Phi) is 4.68. The molecule has 0 aliphatic heterocycles. The van der Waals surface area contributed by atoms with Crippen LogP contribution in [-0.2, 0) is 6.54 Å². The van der Waals surface area contributed by atoms with Crippen LogP contribution in [-0.4, -0.2) is 16.1 Å². The molecule has 0 fully saturated rings. The molecule has 0 saturated carbocycles. The van der Waals surface area contributed by atoms with Crippen LogP contribution in [0.3, 0.4) is 0 Å². The average molecular weight is 370 g/mol. The van der Waals surface area contributed by atoms with Gasteiger partial charge in [0.2, 0.25) is 12.4 Å². The van der Waals surface area contributed by atoms with Gasteiger partial charge in [-0.2, -0.15) is 0 Å². The van der Waals surface area contributed by atoms with E-state index >= 15 is 0 Å². The van der Waals surface area contributed by atoms with Gasteiger partial charge < -0.3 is 19.0 Å². The first kappa shape index (κ1) is 17.2. The summed E-state index contributed by atoms with van der Waals surface area (Å²) in [5.41, 5.74) is 2.55. The molecule has 0 radical (unpaired) electrons. The Morgan fingerprint density at radius 3 is 2.71 bits per heavy atom.